The molecule has 1 aliphatic rings. The molecule has 1 heterocycles. The fourth-order valence-corrected chi connectivity index (χ4v) is 1.86. The second-order valence-corrected chi connectivity index (χ2v) is 3.96. The lowest BCUT2D eigenvalue weighted by Crippen LogP contribution is -2.28. The molecule has 1 fully saturated rings. The number of urea groups is 1. The molecule has 2 N–H and O–H groups in total. The molecule has 0 spiro atoms. The van der Waals surface area contributed by atoms with Crippen molar-refractivity contribution in [3.8, 4) is 0 Å². The smallest absolute Gasteiger partial charge is 0.322 e. The number of carbonyl (C=O) groups is 1. The number of hydrogen-bond acceptors (Lipinski definition) is 2. The van der Waals surface area contributed by atoms with Crippen molar-refractivity contribution in [2.45, 2.75) is 19.4 Å². The van der Waals surface area contributed by atoms with Gasteiger partial charge in [-0.1, -0.05) is 6.92 Å². The number of anilines is 2. The molecule has 2 rings (SSSR count). The Balaban J connectivity index is 2.15. The van der Waals surface area contributed by atoms with Crippen LogP contribution in [0.2, 0.25) is 0 Å². The summed E-state index contributed by atoms with van der Waals surface area (Å²) in [4.78, 5) is 13.5. The highest BCUT2D eigenvalue weighted by molar-refractivity contribution is 5.94. The first-order valence-electron chi connectivity index (χ1n) is 5.60. The van der Waals surface area contributed by atoms with Crippen molar-refractivity contribution in [1.82, 2.24) is 5.32 Å². The summed E-state index contributed by atoms with van der Waals surface area (Å²) < 4.78 is 0. The van der Waals surface area contributed by atoms with Crippen molar-refractivity contribution < 1.29 is 4.79 Å². The molecule has 0 bridgehead atoms. The van der Waals surface area contributed by atoms with E-state index in [0.717, 1.165) is 24.3 Å². The van der Waals surface area contributed by atoms with Crippen LogP contribution < -0.4 is 15.5 Å². The zero-order chi connectivity index (χ0) is 11.5. The van der Waals surface area contributed by atoms with Gasteiger partial charge in [0.1, 0.15) is 0 Å². The lowest BCUT2D eigenvalue weighted by Gasteiger charge is -2.15. The molecule has 1 atom stereocenters. The summed E-state index contributed by atoms with van der Waals surface area (Å²) in [5, 5.41) is 6.01. The molecule has 1 aromatic carbocycles. The van der Waals surface area contributed by atoms with Gasteiger partial charge in [-0.3, -0.25) is 4.90 Å². The van der Waals surface area contributed by atoms with Gasteiger partial charge in [0, 0.05) is 31.0 Å². The molecule has 1 unspecified atom stereocenters. The van der Waals surface area contributed by atoms with Gasteiger partial charge in [-0.2, -0.15) is 0 Å². The number of nitrogens with one attached hydrogen (secondary N) is 2. The Morgan fingerprint density at radius 3 is 2.62 bits per heavy atom. The lowest BCUT2D eigenvalue weighted by atomic mass is 10.2. The van der Waals surface area contributed by atoms with Crippen LogP contribution in [0.3, 0.4) is 0 Å². The zero-order valence-corrected chi connectivity index (χ0v) is 9.66. The maximum atomic E-state index is 11.7. The van der Waals surface area contributed by atoms with Crippen LogP contribution in [-0.2, 0) is 0 Å². The molecule has 4 heteroatoms. The Bertz CT molecular complexity index is 374. The van der Waals surface area contributed by atoms with Crippen molar-refractivity contribution in [2.75, 3.05) is 23.8 Å². The van der Waals surface area contributed by atoms with Crippen LogP contribution in [0.4, 0.5) is 16.2 Å². The Kier molecular flexibility index (Phi) is 2.99. The van der Waals surface area contributed by atoms with E-state index in [1.54, 1.807) is 4.90 Å². The van der Waals surface area contributed by atoms with Crippen LogP contribution in [0.5, 0.6) is 0 Å². The molecule has 1 aromatic rings. The quantitative estimate of drug-likeness (QED) is 0.817. The minimum absolute atomic E-state index is 0.00376. The Labute approximate surface area is 95.6 Å². The number of nitrogens with zero attached hydrogens (tertiary/aromatic N) is 1. The van der Waals surface area contributed by atoms with Gasteiger partial charge in [-0.05, 0) is 30.7 Å². The maximum Gasteiger partial charge on any atom is 0.322 e. The second kappa shape index (κ2) is 4.43. The third-order valence-corrected chi connectivity index (χ3v) is 2.94. The van der Waals surface area contributed by atoms with Gasteiger partial charge in [0.05, 0.1) is 0 Å². The van der Waals surface area contributed by atoms with E-state index in [2.05, 4.69) is 17.6 Å². The topological polar surface area (TPSA) is 44.4 Å². The van der Waals surface area contributed by atoms with Gasteiger partial charge in [0.15, 0.2) is 0 Å². The number of benzene rings is 1. The van der Waals surface area contributed by atoms with E-state index in [9.17, 15) is 4.79 Å². The lowest BCUT2D eigenvalue weighted by molar-refractivity contribution is 0.250. The van der Waals surface area contributed by atoms with E-state index in [1.807, 2.05) is 31.3 Å². The highest BCUT2D eigenvalue weighted by Gasteiger charge is 2.28. The van der Waals surface area contributed by atoms with Gasteiger partial charge in [-0.25, -0.2) is 4.79 Å². The van der Waals surface area contributed by atoms with Crippen LogP contribution in [0.1, 0.15) is 13.3 Å². The molecular weight excluding hydrogens is 202 g/mol. The van der Waals surface area contributed by atoms with Gasteiger partial charge < -0.3 is 10.6 Å². The van der Waals surface area contributed by atoms with Crippen LogP contribution in [0, 0.1) is 0 Å². The van der Waals surface area contributed by atoms with E-state index < -0.39 is 0 Å². The van der Waals surface area contributed by atoms with Crippen LogP contribution >= 0.6 is 0 Å². The van der Waals surface area contributed by atoms with Gasteiger partial charge in [0.2, 0.25) is 0 Å². The average Bonchev–Trinajstić information content (AvgIpc) is 2.71. The standard InChI is InChI=1S/C12H17N3O/c1-3-9-8-15(12(16)14-9)11-6-4-10(13-2)5-7-11/h4-7,9,13H,3,8H2,1-2H3,(H,14,16). The SMILES string of the molecule is CCC1CN(c2ccc(NC)cc2)C(=O)N1. The molecular formula is C12H17N3O. The fraction of sp³-hybridized carbons (Fsp3) is 0.417. The Morgan fingerprint density at radius 1 is 1.44 bits per heavy atom. The highest BCUT2D eigenvalue weighted by Crippen LogP contribution is 2.21. The molecule has 4 nitrogen and oxygen atoms in total. The number of carbonyl (C=O) groups excluding carboxylic acids is 1. The average molecular weight is 219 g/mol. The number of amides is 2. The van der Waals surface area contributed by atoms with E-state index in [0.29, 0.717) is 0 Å². The molecule has 0 aliphatic carbocycles. The normalized spacial score (nSPS) is 19.8. The molecule has 16 heavy (non-hydrogen) atoms. The molecule has 2 amide bonds. The van der Waals surface area contributed by atoms with E-state index in [1.165, 1.54) is 0 Å². The van der Waals surface area contributed by atoms with Crippen molar-refractivity contribution in [1.29, 1.82) is 0 Å². The molecule has 1 saturated heterocycles. The van der Waals surface area contributed by atoms with Crippen molar-refractivity contribution in [3.05, 3.63) is 24.3 Å². The number of hydrogen-bond donors (Lipinski definition) is 2. The maximum absolute atomic E-state index is 11.7. The van der Waals surface area contributed by atoms with E-state index in [-0.39, 0.29) is 12.1 Å². The number of rotatable bonds is 3. The van der Waals surface area contributed by atoms with Gasteiger partial charge in [-0.15, -0.1) is 0 Å². The largest absolute Gasteiger partial charge is 0.388 e. The van der Waals surface area contributed by atoms with Crippen LogP contribution in [-0.4, -0.2) is 25.7 Å². The summed E-state index contributed by atoms with van der Waals surface area (Å²) in [5.41, 5.74) is 2.00. The third kappa shape index (κ3) is 1.96. The molecule has 86 valence electrons. The Morgan fingerprint density at radius 2 is 2.12 bits per heavy atom. The molecule has 0 saturated carbocycles. The van der Waals surface area contributed by atoms with Crippen molar-refractivity contribution >= 4 is 17.4 Å². The summed E-state index contributed by atoms with van der Waals surface area (Å²) in [6.07, 6.45) is 0.969. The highest BCUT2D eigenvalue weighted by atomic mass is 16.2. The fourth-order valence-electron chi connectivity index (χ4n) is 1.86. The predicted octanol–water partition coefficient (Wildman–Crippen LogP) is 2.04. The monoisotopic (exact) mass is 219 g/mol. The predicted molar refractivity (Wildman–Crippen MR) is 65.9 cm³/mol. The zero-order valence-electron chi connectivity index (χ0n) is 9.66. The van der Waals surface area contributed by atoms with E-state index in [4.69, 9.17) is 0 Å². The first kappa shape index (κ1) is 10.8. The summed E-state index contributed by atoms with van der Waals surface area (Å²) >= 11 is 0. The van der Waals surface area contributed by atoms with Crippen LogP contribution in [0.15, 0.2) is 24.3 Å². The van der Waals surface area contributed by atoms with Crippen molar-refractivity contribution in [2.24, 2.45) is 0 Å². The molecule has 0 radical (unpaired) electrons. The molecule has 1 aliphatic heterocycles. The van der Waals surface area contributed by atoms with E-state index >= 15 is 0 Å². The second-order valence-electron chi connectivity index (χ2n) is 3.96. The minimum atomic E-state index is 0.00376. The summed E-state index contributed by atoms with van der Waals surface area (Å²) in [7, 11) is 1.88. The third-order valence-electron chi connectivity index (χ3n) is 2.94. The van der Waals surface area contributed by atoms with Gasteiger partial charge in [0.25, 0.3) is 0 Å². The minimum Gasteiger partial charge on any atom is -0.388 e. The Hall–Kier alpha value is -1.71. The summed E-state index contributed by atoms with van der Waals surface area (Å²) in [5.74, 6) is 0. The van der Waals surface area contributed by atoms with Crippen molar-refractivity contribution in [3.63, 3.8) is 0 Å². The summed E-state index contributed by atoms with van der Waals surface area (Å²) in [6, 6.07) is 8.15. The van der Waals surface area contributed by atoms with Crippen LogP contribution in [0.25, 0.3) is 0 Å². The summed E-state index contributed by atoms with van der Waals surface area (Å²) in [6.45, 7) is 2.84. The first-order chi connectivity index (χ1) is 7.74. The first-order valence-corrected chi connectivity index (χ1v) is 5.60. The molecule has 0 aromatic heterocycles. The van der Waals surface area contributed by atoms with Gasteiger partial charge >= 0.3 is 6.03 Å².